The molecule has 1 heterocycles. The van der Waals surface area contributed by atoms with Crippen LogP contribution in [0.25, 0.3) is 0 Å². The first kappa shape index (κ1) is 9.74. The molecule has 2 atom stereocenters. The fourth-order valence-electron chi connectivity index (χ4n) is 1.92. The first-order valence-electron chi connectivity index (χ1n) is 5.80. The van der Waals surface area contributed by atoms with Crippen LogP contribution in [0.4, 0.5) is 0 Å². The zero-order chi connectivity index (χ0) is 11.1. The van der Waals surface area contributed by atoms with Crippen molar-refractivity contribution < 1.29 is 4.79 Å². The van der Waals surface area contributed by atoms with Gasteiger partial charge in [-0.15, -0.1) is 5.10 Å². The van der Waals surface area contributed by atoms with Crippen LogP contribution in [0.1, 0.15) is 38.1 Å². The third-order valence-electron chi connectivity index (χ3n) is 3.32. The summed E-state index contributed by atoms with van der Waals surface area (Å²) in [5, 5.41) is 14.4. The van der Waals surface area contributed by atoms with Gasteiger partial charge in [-0.3, -0.25) is 4.79 Å². The Bertz CT molecular complexity index is 411. The third kappa shape index (κ3) is 1.79. The van der Waals surface area contributed by atoms with Crippen LogP contribution in [0.3, 0.4) is 0 Å². The maximum absolute atomic E-state index is 11.6. The van der Waals surface area contributed by atoms with Crippen molar-refractivity contribution in [2.75, 3.05) is 0 Å². The van der Waals surface area contributed by atoms with Gasteiger partial charge in [0.05, 0.1) is 12.6 Å². The minimum Gasteiger partial charge on any atom is -0.348 e. The van der Waals surface area contributed by atoms with Crippen molar-refractivity contribution in [1.82, 2.24) is 25.5 Å². The van der Waals surface area contributed by atoms with Crippen molar-refractivity contribution in [3.05, 3.63) is 5.82 Å². The summed E-state index contributed by atoms with van der Waals surface area (Å²) in [4.78, 5) is 11.6. The molecule has 16 heavy (non-hydrogen) atoms. The van der Waals surface area contributed by atoms with Crippen LogP contribution in [0, 0.1) is 11.8 Å². The SMILES string of the molecule is C[C@@H]1C[C@H]1C(=O)NCc1nnnn1C1CC1. The lowest BCUT2D eigenvalue weighted by atomic mass is 10.3. The summed E-state index contributed by atoms with van der Waals surface area (Å²) in [6.07, 6.45) is 3.30. The Kier molecular flexibility index (Phi) is 2.15. The van der Waals surface area contributed by atoms with Crippen molar-refractivity contribution in [3.63, 3.8) is 0 Å². The summed E-state index contributed by atoms with van der Waals surface area (Å²) in [7, 11) is 0. The maximum atomic E-state index is 11.6. The molecule has 2 aliphatic rings. The minimum absolute atomic E-state index is 0.137. The van der Waals surface area contributed by atoms with Gasteiger partial charge in [-0.05, 0) is 35.6 Å². The minimum atomic E-state index is 0.137. The summed E-state index contributed by atoms with van der Waals surface area (Å²) in [6, 6.07) is 0.460. The van der Waals surface area contributed by atoms with Crippen molar-refractivity contribution in [3.8, 4) is 0 Å². The molecular weight excluding hydrogens is 206 g/mol. The van der Waals surface area contributed by atoms with Crippen LogP contribution in [-0.2, 0) is 11.3 Å². The van der Waals surface area contributed by atoms with Gasteiger partial charge in [-0.1, -0.05) is 6.92 Å². The van der Waals surface area contributed by atoms with Gasteiger partial charge >= 0.3 is 0 Å². The highest BCUT2D eigenvalue weighted by atomic mass is 16.2. The molecule has 0 bridgehead atoms. The average Bonchev–Trinajstić information content (AvgIpc) is 3.18. The molecule has 6 heteroatoms. The highest BCUT2D eigenvalue weighted by Crippen LogP contribution is 2.37. The zero-order valence-electron chi connectivity index (χ0n) is 9.26. The Labute approximate surface area is 93.4 Å². The van der Waals surface area contributed by atoms with E-state index in [1.54, 1.807) is 0 Å². The second-order valence-corrected chi connectivity index (χ2v) is 4.81. The van der Waals surface area contributed by atoms with Gasteiger partial charge in [-0.2, -0.15) is 0 Å². The lowest BCUT2D eigenvalue weighted by molar-refractivity contribution is -0.122. The summed E-state index contributed by atoms with van der Waals surface area (Å²) >= 11 is 0. The molecule has 1 N–H and O–H groups in total. The highest BCUT2D eigenvalue weighted by Gasteiger charge is 2.39. The van der Waals surface area contributed by atoms with E-state index in [-0.39, 0.29) is 11.8 Å². The van der Waals surface area contributed by atoms with E-state index in [2.05, 4.69) is 27.8 Å². The molecule has 0 radical (unpaired) electrons. The Morgan fingerprint density at radius 2 is 2.31 bits per heavy atom. The van der Waals surface area contributed by atoms with Gasteiger partial charge in [0.2, 0.25) is 5.91 Å². The van der Waals surface area contributed by atoms with E-state index >= 15 is 0 Å². The quantitative estimate of drug-likeness (QED) is 0.792. The number of nitrogens with zero attached hydrogens (tertiary/aromatic N) is 4. The molecule has 86 valence electrons. The van der Waals surface area contributed by atoms with E-state index in [9.17, 15) is 4.79 Å². The molecule has 1 amide bonds. The number of rotatable bonds is 4. The van der Waals surface area contributed by atoms with Crippen LogP contribution in [-0.4, -0.2) is 26.1 Å². The molecule has 0 aliphatic heterocycles. The van der Waals surface area contributed by atoms with Crippen molar-refractivity contribution in [2.45, 2.75) is 38.8 Å². The van der Waals surface area contributed by atoms with Crippen molar-refractivity contribution in [2.24, 2.45) is 11.8 Å². The number of amides is 1. The van der Waals surface area contributed by atoms with Crippen LogP contribution in [0.5, 0.6) is 0 Å². The number of tetrazole rings is 1. The number of hydrogen-bond donors (Lipinski definition) is 1. The number of carbonyl (C=O) groups is 1. The van der Waals surface area contributed by atoms with Crippen molar-refractivity contribution in [1.29, 1.82) is 0 Å². The summed E-state index contributed by atoms with van der Waals surface area (Å²) < 4.78 is 1.83. The molecule has 0 aromatic carbocycles. The fourth-order valence-corrected chi connectivity index (χ4v) is 1.92. The standard InChI is InChI=1S/C10H15N5O/c1-6-4-8(6)10(16)11-5-9-12-13-14-15(9)7-2-3-7/h6-8H,2-5H2,1H3,(H,11,16)/t6-,8-/m1/s1. The fraction of sp³-hybridized carbons (Fsp3) is 0.800. The molecule has 2 saturated carbocycles. The molecule has 1 aromatic heterocycles. The lowest BCUT2D eigenvalue weighted by Gasteiger charge is -2.04. The average molecular weight is 221 g/mol. The van der Waals surface area contributed by atoms with Crippen LogP contribution < -0.4 is 5.32 Å². The van der Waals surface area contributed by atoms with Gasteiger partial charge in [0.1, 0.15) is 0 Å². The Balaban J connectivity index is 1.57. The van der Waals surface area contributed by atoms with Gasteiger partial charge in [0.15, 0.2) is 5.82 Å². The van der Waals surface area contributed by atoms with E-state index in [0.29, 0.717) is 18.5 Å². The largest absolute Gasteiger partial charge is 0.348 e. The van der Waals surface area contributed by atoms with Gasteiger partial charge in [-0.25, -0.2) is 4.68 Å². The Morgan fingerprint density at radius 1 is 1.56 bits per heavy atom. The predicted molar refractivity (Wildman–Crippen MR) is 55.2 cm³/mol. The smallest absolute Gasteiger partial charge is 0.223 e. The van der Waals surface area contributed by atoms with Crippen molar-refractivity contribution >= 4 is 5.91 Å². The molecular formula is C10H15N5O. The Morgan fingerprint density at radius 3 is 2.94 bits per heavy atom. The zero-order valence-corrected chi connectivity index (χ0v) is 9.26. The predicted octanol–water partition coefficient (Wildman–Crippen LogP) is 0.280. The number of nitrogens with one attached hydrogen (secondary N) is 1. The van der Waals surface area contributed by atoms with Gasteiger partial charge in [0, 0.05) is 5.92 Å². The summed E-state index contributed by atoms with van der Waals surface area (Å²) in [5.74, 6) is 1.66. The monoisotopic (exact) mass is 221 g/mol. The lowest BCUT2D eigenvalue weighted by Crippen LogP contribution is -2.26. The normalized spacial score (nSPS) is 27.8. The molecule has 0 spiro atoms. The second-order valence-electron chi connectivity index (χ2n) is 4.81. The summed E-state index contributed by atoms with van der Waals surface area (Å²) in [5.41, 5.74) is 0. The van der Waals surface area contributed by atoms with Crippen LogP contribution in [0.15, 0.2) is 0 Å². The first-order chi connectivity index (χ1) is 7.75. The molecule has 0 saturated heterocycles. The van der Waals surface area contributed by atoms with Gasteiger partial charge < -0.3 is 5.32 Å². The van der Waals surface area contributed by atoms with Crippen LogP contribution >= 0.6 is 0 Å². The van der Waals surface area contributed by atoms with E-state index in [1.165, 1.54) is 0 Å². The van der Waals surface area contributed by atoms with E-state index in [1.807, 2.05) is 4.68 Å². The first-order valence-corrected chi connectivity index (χ1v) is 5.80. The molecule has 2 aliphatic carbocycles. The van der Waals surface area contributed by atoms with E-state index in [4.69, 9.17) is 0 Å². The molecule has 3 rings (SSSR count). The molecule has 2 fully saturated rings. The maximum Gasteiger partial charge on any atom is 0.223 e. The number of carbonyl (C=O) groups excluding carboxylic acids is 1. The van der Waals surface area contributed by atoms with E-state index < -0.39 is 0 Å². The number of hydrogen-bond acceptors (Lipinski definition) is 4. The topological polar surface area (TPSA) is 72.7 Å². The number of aromatic nitrogens is 4. The molecule has 0 unspecified atom stereocenters. The third-order valence-corrected chi connectivity index (χ3v) is 3.32. The van der Waals surface area contributed by atoms with E-state index in [0.717, 1.165) is 25.1 Å². The molecule has 1 aromatic rings. The second kappa shape index (κ2) is 3.54. The Hall–Kier alpha value is -1.46. The highest BCUT2D eigenvalue weighted by molar-refractivity contribution is 5.81. The summed E-state index contributed by atoms with van der Waals surface area (Å²) in [6.45, 7) is 2.55. The van der Waals surface area contributed by atoms with Crippen LogP contribution in [0.2, 0.25) is 0 Å². The van der Waals surface area contributed by atoms with Gasteiger partial charge in [0.25, 0.3) is 0 Å². The molecule has 6 nitrogen and oxygen atoms in total.